The second kappa shape index (κ2) is 8.70. The molecule has 2 rings (SSSR count). The number of halogens is 2. The number of anilines is 1. The van der Waals surface area contributed by atoms with E-state index in [9.17, 15) is 9.59 Å². The summed E-state index contributed by atoms with van der Waals surface area (Å²) in [5.41, 5.74) is 0.430. The summed E-state index contributed by atoms with van der Waals surface area (Å²) in [5, 5.41) is 3.05. The maximum absolute atomic E-state index is 12.0. The van der Waals surface area contributed by atoms with E-state index in [2.05, 4.69) is 21.2 Å². The van der Waals surface area contributed by atoms with Gasteiger partial charge < -0.3 is 14.8 Å². The molecule has 0 radical (unpaired) electrons. The van der Waals surface area contributed by atoms with Crippen molar-refractivity contribution in [1.82, 2.24) is 0 Å². The van der Waals surface area contributed by atoms with Gasteiger partial charge in [-0.2, -0.15) is 0 Å². The van der Waals surface area contributed by atoms with Crippen molar-refractivity contribution in [1.29, 1.82) is 0 Å². The standard InChI is InChI=1S/C17H15BrClNO4/c1-2-16(21)20-13-5-3-4-6-15(13)24-17(22)10-23-14-8-7-11(18)9-12(14)19/h3-9H,2,10H2,1H3,(H,20,21). The second-order valence-corrected chi connectivity index (χ2v) is 6.06. The fourth-order valence-electron chi connectivity index (χ4n) is 1.78. The summed E-state index contributed by atoms with van der Waals surface area (Å²) in [7, 11) is 0. The Bertz CT molecular complexity index is 751. The number of nitrogens with one attached hydrogen (secondary N) is 1. The molecule has 0 heterocycles. The third-order valence-corrected chi connectivity index (χ3v) is 3.73. The molecule has 1 N–H and O–H groups in total. The van der Waals surface area contributed by atoms with Crippen LogP contribution in [0.3, 0.4) is 0 Å². The third-order valence-electron chi connectivity index (χ3n) is 2.95. The fourth-order valence-corrected chi connectivity index (χ4v) is 2.51. The molecule has 1 amide bonds. The molecule has 0 aliphatic carbocycles. The van der Waals surface area contributed by atoms with Crippen molar-refractivity contribution in [3.05, 3.63) is 52.0 Å². The zero-order valence-corrected chi connectivity index (χ0v) is 15.2. The number of amides is 1. The number of esters is 1. The molecule has 7 heteroatoms. The quantitative estimate of drug-likeness (QED) is 0.563. The average Bonchev–Trinajstić information content (AvgIpc) is 2.55. The van der Waals surface area contributed by atoms with E-state index in [1.54, 1.807) is 49.4 Å². The van der Waals surface area contributed by atoms with E-state index in [-0.39, 0.29) is 18.3 Å². The first-order valence-electron chi connectivity index (χ1n) is 7.17. The van der Waals surface area contributed by atoms with Crippen molar-refractivity contribution in [2.45, 2.75) is 13.3 Å². The van der Waals surface area contributed by atoms with Crippen LogP contribution in [0, 0.1) is 0 Å². The summed E-state index contributed by atoms with van der Waals surface area (Å²) >= 11 is 9.30. The Hall–Kier alpha value is -2.05. The van der Waals surface area contributed by atoms with Crippen molar-refractivity contribution in [3.8, 4) is 11.5 Å². The lowest BCUT2D eigenvalue weighted by Crippen LogP contribution is -2.19. The van der Waals surface area contributed by atoms with Crippen LogP contribution >= 0.6 is 27.5 Å². The summed E-state index contributed by atoms with van der Waals surface area (Å²) in [6.45, 7) is 1.43. The largest absolute Gasteiger partial charge is 0.480 e. The third kappa shape index (κ3) is 5.25. The predicted octanol–water partition coefficient (Wildman–Crippen LogP) is 4.44. The van der Waals surface area contributed by atoms with Crippen molar-refractivity contribution >= 4 is 45.1 Å². The van der Waals surface area contributed by atoms with E-state index >= 15 is 0 Å². The van der Waals surface area contributed by atoms with Crippen LogP contribution in [0.25, 0.3) is 0 Å². The van der Waals surface area contributed by atoms with E-state index in [0.29, 0.717) is 22.9 Å². The smallest absolute Gasteiger partial charge is 0.349 e. The number of hydrogen-bond acceptors (Lipinski definition) is 4. The van der Waals surface area contributed by atoms with Gasteiger partial charge in [0.1, 0.15) is 5.75 Å². The van der Waals surface area contributed by atoms with E-state index in [1.165, 1.54) is 0 Å². The van der Waals surface area contributed by atoms with Gasteiger partial charge in [0.15, 0.2) is 12.4 Å². The highest BCUT2D eigenvalue weighted by Gasteiger charge is 2.12. The van der Waals surface area contributed by atoms with Gasteiger partial charge in [-0.1, -0.05) is 46.6 Å². The molecule has 5 nitrogen and oxygen atoms in total. The second-order valence-electron chi connectivity index (χ2n) is 4.74. The monoisotopic (exact) mass is 411 g/mol. The van der Waals surface area contributed by atoms with Crippen molar-refractivity contribution in [2.24, 2.45) is 0 Å². The number of carbonyl (C=O) groups excluding carboxylic acids is 2. The molecule has 0 spiro atoms. The summed E-state index contributed by atoms with van der Waals surface area (Å²) < 4.78 is 11.4. The summed E-state index contributed by atoms with van der Waals surface area (Å²) in [6.07, 6.45) is 0.327. The molecule has 0 saturated carbocycles. The lowest BCUT2D eigenvalue weighted by Gasteiger charge is -2.11. The minimum Gasteiger partial charge on any atom is -0.480 e. The molecule has 0 aromatic heterocycles. The van der Waals surface area contributed by atoms with Gasteiger partial charge in [-0.15, -0.1) is 0 Å². The zero-order chi connectivity index (χ0) is 17.5. The van der Waals surface area contributed by atoms with Gasteiger partial charge in [-0.3, -0.25) is 4.79 Å². The van der Waals surface area contributed by atoms with E-state index in [4.69, 9.17) is 21.1 Å². The number of rotatable bonds is 6. The maximum Gasteiger partial charge on any atom is 0.349 e. The highest BCUT2D eigenvalue weighted by molar-refractivity contribution is 9.10. The van der Waals surface area contributed by atoms with Crippen LogP contribution in [-0.2, 0) is 9.59 Å². The Morgan fingerprint density at radius 3 is 2.62 bits per heavy atom. The number of para-hydroxylation sites is 2. The molecular weight excluding hydrogens is 398 g/mol. The molecule has 24 heavy (non-hydrogen) atoms. The van der Waals surface area contributed by atoms with Crippen LogP contribution in [0.5, 0.6) is 11.5 Å². The van der Waals surface area contributed by atoms with Crippen molar-refractivity contribution in [3.63, 3.8) is 0 Å². The summed E-state index contributed by atoms with van der Waals surface area (Å²) in [4.78, 5) is 23.5. The zero-order valence-electron chi connectivity index (χ0n) is 12.8. The SMILES string of the molecule is CCC(=O)Nc1ccccc1OC(=O)COc1ccc(Br)cc1Cl. The first-order chi connectivity index (χ1) is 11.5. The van der Waals surface area contributed by atoms with E-state index < -0.39 is 5.97 Å². The Labute approximate surface area is 153 Å². The molecule has 2 aromatic carbocycles. The van der Waals surface area contributed by atoms with Crippen molar-refractivity contribution in [2.75, 3.05) is 11.9 Å². The van der Waals surface area contributed by atoms with Gasteiger partial charge in [0.2, 0.25) is 5.91 Å². The average molecular weight is 413 g/mol. The van der Waals surface area contributed by atoms with Crippen LogP contribution in [0.1, 0.15) is 13.3 Å². The topological polar surface area (TPSA) is 64.6 Å². The molecule has 0 aliphatic rings. The highest BCUT2D eigenvalue weighted by Crippen LogP contribution is 2.28. The molecule has 0 atom stereocenters. The Kier molecular flexibility index (Phi) is 6.63. The molecule has 2 aromatic rings. The number of ether oxygens (including phenoxy) is 2. The normalized spacial score (nSPS) is 10.1. The Morgan fingerprint density at radius 1 is 1.17 bits per heavy atom. The number of carbonyl (C=O) groups is 2. The minimum absolute atomic E-state index is 0.170. The first kappa shape index (κ1) is 18.3. The fraction of sp³-hybridized carbons (Fsp3) is 0.176. The highest BCUT2D eigenvalue weighted by atomic mass is 79.9. The maximum atomic E-state index is 12.0. The van der Waals surface area contributed by atoms with Gasteiger partial charge in [-0.05, 0) is 30.3 Å². The van der Waals surface area contributed by atoms with E-state index in [0.717, 1.165) is 4.47 Å². The lowest BCUT2D eigenvalue weighted by molar-refractivity contribution is -0.136. The summed E-state index contributed by atoms with van der Waals surface area (Å²) in [6, 6.07) is 11.8. The van der Waals surface area contributed by atoms with Gasteiger partial charge in [0, 0.05) is 10.9 Å². The number of benzene rings is 2. The van der Waals surface area contributed by atoms with Crippen LogP contribution in [0.2, 0.25) is 5.02 Å². The van der Waals surface area contributed by atoms with Crippen LogP contribution in [0.15, 0.2) is 46.9 Å². The predicted molar refractivity (Wildman–Crippen MR) is 95.6 cm³/mol. The van der Waals surface area contributed by atoms with Gasteiger partial charge in [0.05, 0.1) is 10.7 Å². The molecular formula is C17H15BrClNO4. The van der Waals surface area contributed by atoms with Gasteiger partial charge in [-0.25, -0.2) is 4.79 Å². The van der Waals surface area contributed by atoms with Crippen LogP contribution < -0.4 is 14.8 Å². The Morgan fingerprint density at radius 2 is 1.92 bits per heavy atom. The molecule has 0 unspecified atom stereocenters. The Balaban J connectivity index is 1.98. The number of hydrogen-bond donors (Lipinski definition) is 1. The molecule has 0 aliphatic heterocycles. The molecule has 126 valence electrons. The van der Waals surface area contributed by atoms with Crippen LogP contribution in [-0.4, -0.2) is 18.5 Å². The minimum atomic E-state index is -0.604. The van der Waals surface area contributed by atoms with Gasteiger partial charge >= 0.3 is 5.97 Å². The molecule has 0 bridgehead atoms. The first-order valence-corrected chi connectivity index (χ1v) is 8.34. The lowest BCUT2D eigenvalue weighted by atomic mass is 10.3. The van der Waals surface area contributed by atoms with E-state index in [1.807, 2.05) is 0 Å². The summed E-state index contributed by atoms with van der Waals surface area (Å²) in [5.74, 6) is -0.136. The molecule has 0 fully saturated rings. The van der Waals surface area contributed by atoms with Gasteiger partial charge in [0.25, 0.3) is 0 Å². The van der Waals surface area contributed by atoms with Crippen molar-refractivity contribution < 1.29 is 19.1 Å². The molecule has 0 saturated heterocycles. The van der Waals surface area contributed by atoms with Crippen LogP contribution in [0.4, 0.5) is 5.69 Å².